The Kier molecular flexibility index (Phi) is 2.29. The van der Waals surface area contributed by atoms with Crippen LogP contribution in [0.4, 0.5) is 0 Å². The van der Waals surface area contributed by atoms with Crippen LogP contribution in [-0.4, -0.2) is 20.3 Å². The fourth-order valence-electron chi connectivity index (χ4n) is 1.36. The quantitative estimate of drug-likeness (QED) is 0.543. The van der Waals surface area contributed by atoms with Crippen molar-refractivity contribution in [1.29, 1.82) is 0 Å². The first-order chi connectivity index (χ1) is 4.58. The summed E-state index contributed by atoms with van der Waals surface area (Å²) in [5.74, 6) is 0. The molecule has 0 saturated heterocycles. The highest BCUT2D eigenvalue weighted by Crippen LogP contribution is 2.15. The van der Waals surface area contributed by atoms with Crippen LogP contribution in [0.3, 0.4) is 0 Å². The van der Waals surface area contributed by atoms with Crippen molar-refractivity contribution >= 4 is 13.8 Å². The predicted molar refractivity (Wildman–Crippen MR) is 49.7 cm³/mol. The highest BCUT2D eigenvalue weighted by Gasteiger charge is 2.17. The minimum Gasteiger partial charge on any atom is -0.294 e. The standard InChI is InChI=1S/C8H17NSi/c1-10(2,3)7-8-5-4-6-9-8/h4-7H2,1-3H3. The first-order valence-electron chi connectivity index (χ1n) is 4.10. The van der Waals surface area contributed by atoms with Crippen LogP contribution in [0.15, 0.2) is 4.99 Å². The summed E-state index contributed by atoms with van der Waals surface area (Å²) in [6.45, 7) is 8.33. The molecule has 1 aliphatic rings. The molecule has 2 heteroatoms. The maximum atomic E-state index is 4.47. The molecule has 0 fully saturated rings. The third-order valence-corrected chi connectivity index (χ3v) is 3.16. The van der Waals surface area contributed by atoms with E-state index >= 15 is 0 Å². The van der Waals surface area contributed by atoms with Gasteiger partial charge in [0, 0.05) is 12.3 Å². The number of aliphatic imine (C=N–C) groups is 1. The van der Waals surface area contributed by atoms with Crippen LogP contribution >= 0.6 is 0 Å². The van der Waals surface area contributed by atoms with E-state index in [1.165, 1.54) is 24.6 Å². The second-order valence-corrected chi connectivity index (χ2v) is 9.76. The number of hydrogen-bond donors (Lipinski definition) is 0. The van der Waals surface area contributed by atoms with Crippen molar-refractivity contribution < 1.29 is 0 Å². The van der Waals surface area contributed by atoms with Gasteiger partial charge in [0.2, 0.25) is 0 Å². The molecule has 0 unspecified atom stereocenters. The first kappa shape index (κ1) is 7.99. The summed E-state index contributed by atoms with van der Waals surface area (Å²) < 4.78 is 0. The van der Waals surface area contributed by atoms with E-state index in [1.54, 1.807) is 0 Å². The van der Waals surface area contributed by atoms with Crippen molar-refractivity contribution in [3.05, 3.63) is 0 Å². The SMILES string of the molecule is C[Si](C)(C)CC1=NCCC1. The highest BCUT2D eigenvalue weighted by atomic mass is 28.3. The van der Waals surface area contributed by atoms with Gasteiger partial charge in [-0.05, 0) is 18.9 Å². The summed E-state index contributed by atoms with van der Waals surface area (Å²) in [6, 6.07) is 1.33. The summed E-state index contributed by atoms with van der Waals surface area (Å²) in [4.78, 5) is 4.47. The summed E-state index contributed by atoms with van der Waals surface area (Å²) in [5, 5.41) is 0. The maximum absolute atomic E-state index is 4.47. The van der Waals surface area contributed by atoms with E-state index in [2.05, 4.69) is 24.6 Å². The highest BCUT2D eigenvalue weighted by molar-refractivity contribution is 6.79. The van der Waals surface area contributed by atoms with Crippen LogP contribution in [0.5, 0.6) is 0 Å². The lowest BCUT2D eigenvalue weighted by Crippen LogP contribution is -2.22. The Morgan fingerprint density at radius 3 is 2.50 bits per heavy atom. The Labute approximate surface area is 64.6 Å². The molecule has 58 valence electrons. The largest absolute Gasteiger partial charge is 0.294 e. The van der Waals surface area contributed by atoms with Crippen LogP contribution in [0, 0.1) is 0 Å². The summed E-state index contributed by atoms with van der Waals surface area (Å²) >= 11 is 0. The van der Waals surface area contributed by atoms with E-state index in [0.29, 0.717) is 0 Å². The van der Waals surface area contributed by atoms with Gasteiger partial charge >= 0.3 is 0 Å². The molecule has 1 heterocycles. The topological polar surface area (TPSA) is 12.4 Å². The molecule has 0 aliphatic carbocycles. The van der Waals surface area contributed by atoms with Crippen molar-refractivity contribution in [2.75, 3.05) is 6.54 Å². The molecule has 0 radical (unpaired) electrons. The zero-order valence-corrected chi connectivity index (χ0v) is 8.28. The van der Waals surface area contributed by atoms with Gasteiger partial charge in [-0.15, -0.1) is 0 Å². The zero-order valence-electron chi connectivity index (χ0n) is 7.28. The van der Waals surface area contributed by atoms with Gasteiger partial charge in [0.05, 0.1) is 8.07 Å². The molecule has 0 spiro atoms. The van der Waals surface area contributed by atoms with Crippen LogP contribution < -0.4 is 0 Å². The van der Waals surface area contributed by atoms with Crippen molar-refractivity contribution in [1.82, 2.24) is 0 Å². The Hall–Kier alpha value is -0.113. The predicted octanol–water partition coefficient (Wildman–Crippen LogP) is 2.56. The Bertz CT molecular complexity index is 144. The molecule has 0 aromatic rings. The minimum absolute atomic E-state index is 0.853. The molecule has 0 N–H and O–H groups in total. The van der Waals surface area contributed by atoms with E-state index in [9.17, 15) is 0 Å². The average molecular weight is 155 g/mol. The minimum atomic E-state index is -0.853. The fourth-order valence-corrected chi connectivity index (χ4v) is 2.87. The summed E-state index contributed by atoms with van der Waals surface area (Å²) in [6.07, 6.45) is 2.59. The van der Waals surface area contributed by atoms with Crippen molar-refractivity contribution in [2.24, 2.45) is 4.99 Å². The Balaban J connectivity index is 2.38. The van der Waals surface area contributed by atoms with E-state index in [1.807, 2.05) is 0 Å². The van der Waals surface area contributed by atoms with Crippen molar-refractivity contribution in [3.8, 4) is 0 Å². The van der Waals surface area contributed by atoms with Gasteiger partial charge in [-0.25, -0.2) is 0 Å². The lowest BCUT2D eigenvalue weighted by molar-refractivity contribution is 0.950. The smallest absolute Gasteiger partial charge is 0.0502 e. The van der Waals surface area contributed by atoms with Crippen molar-refractivity contribution in [3.63, 3.8) is 0 Å². The van der Waals surface area contributed by atoms with E-state index < -0.39 is 8.07 Å². The summed E-state index contributed by atoms with van der Waals surface area (Å²) in [7, 11) is -0.853. The molecule has 1 nitrogen and oxygen atoms in total. The molecule has 0 saturated carbocycles. The molecule has 10 heavy (non-hydrogen) atoms. The molecule has 1 aliphatic heterocycles. The number of rotatable bonds is 2. The molecule has 0 amide bonds. The van der Waals surface area contributed by atoms with E-state index in [-0.39, 0.29) is 0 Å². The van der Waals surface area contributed by atoms with Gasteiger partial charge < -0.3 is 0 Å². The van der Waals surface area contributed by atoms with Crippen LogP contribution in [0.25, 0.3) is 0 Å². The maximum Gasteiger partial charge on any atom is 0.0502 e. The lowest BCUT2D eigenvalue weighted by atomic mass is 10.3. The molecule has 1 rings (SSSR count). The fraction of sp³-hybridized carbons (Fsp3) is 0.875. The third-order valence-electron chi connectivity index (χ3n) is 1.69. The molecule has 0 bridgehead atoms. The van der Waals surface area contributed by atoms with Crippen LogP contribution in [-0.2, 0) is 0 Å². The third kappa shape index (κ3) is 2.65. The van der Waals surface area contributed by atoms with Gasteiger partial charge in [-0.3, -0.25) is 4.99 Å². The molecule has 0 aromatic carbocycles. The van der Waals surface area contributed by atoms with E-state index in [0.717, 1.165) is 6.54 Å². The van der Waals surface area contributed by atoms with Crippen LogP contribution in [0.2, 0.25) is 25.7 Å². The van der Waals surface area contributed by atoms with Crippen molar-refractivity contribution in [2.45, 2.75) is 38.5 Å². The zero-order chi connectivity index (χ0) is 7.61. The molecular formula is C8H17NSi. The van der Waals surface area contributed by atoms with E-state index in [4.69, 9.17) is 0 Å². The average Bonchev–Trinajstić information content (AvgIpc) is 2.12. The van der Waals surface area contributed by atoms with Gasteiger partial charge in [-0.2, -0.15) is 0 Å². The first-order valence-corrected chi connectivity index (χ1v) is 7.81. The second-order valence-electron chi connectivity index (χ2n) is 4.29. The molecule has 0 aromatic heterocycles. The van der Waals surface area contributed by atoms with Crippen LogP contribution in [0.1, 0.15) is 12.8 Å². The summed E-state index contributed by atoms with van der Waals surface area (Å²) in [5.41, 5.74) is 1.50. The monoisotopic (exact) mass is 155 g/mol. The Morgan fingerprint density at radius 1 is 1.40 bits per heavy atom. The Morgan fingerprint density at radius 2 is 2.10 bits per heavy atom. The van der Waals surface area contributed by atoms with Gasteiger partial charge in [0.1, 0.15) is 0 Å². The number of nitrogens with zero attached hydrogens (tertiary/aromatic N) is 1. The lowest BCUT2D eigenvalue weighted by Gasteiger charge is -2.14. The van der Waals surface area contributed by atoms with Gasteiger partial charge in [0.25, 0.3) is 0 Å². The number of hydrogen-bond acceptors (Lipinski definition) is 1. The molecular weight excluding hydrogens is 138 g/mol. The molecule has 0 atom stereocenters. The normalized spacial score (nSPS) is 19.3. The van der Waals surface area contributed by atoms with Gasteiger partial charge in [0.15, 0.2) is 0 Å². The van der Waals surface area contributed by atoms with Gasteiger partial charge in [-0.1, -0.05) is 19.6 Å². The second kappa shape index (κ2) is 2.87.